The molecule has 2 aromatic carbocycles. The number of hydrogen-bond acceptors (Lipinski definition) is 10. The summed E-state index contributed by atoms with van der Waals surface area (Å²) < 4.78 is 5.47. The predicted octanol–water partition coefficient (Wildman–Crippen LogP) is 2.47. The SMILES string of the molecule is Cc1ccc(C(=O)Nc2ccc3c(c2)C(C)(C)C(=O)N3CCN2CCCC2)cc1NC1C=c2nc(N3CCOCC3)ncc2=NC=N1. The van der Waals surface area contributed by atoms with Gasteiger partial charge in [0.25, 0.3) is 5.91 Å². The van der Waals surface area contributed by atoms with Gasteiger partial charge in [0.1, 0.15) is 17.9 Å². The van der Waals surface area contributed by atoms with Crippen LogP contribution in [0, 0.1) is 6.92 Å². The van der Waals surface area contributed by atoms with Crippen molar-refractivity contribution in [1.82, 2.24) is 14.9 Å². The Morgan fingerprint density at radius 3 is 2.66 bits per heavy atom. The number of benzene rings is 2. The van der Waals surface area contributed by atoms with Gasteiger partial charge in [0.05, 0.1) is 30.2 Å². The Hall–Kier alpha value is -4.68. The highest BCUT2D eigenvalue weighted by molar-refractivity contribution is 6.09. The lowest BCUT2D eigenvalue weighted by Gasteiger charge is -2.26. The molecule has 5 heterocycles. The van der Waals surface area contributed by atoms with E-state index in [1.54, 1.807) is 6.20 Å². The summed E-state index contributed by atoms with van der Waals surface area (Å²) in [6.45, 7) is 12.4. The van der Waals surface area contributed by atoms with Crippen molar-refractivity contribution in [1.29, 1.82) is 0 Å². The summed E-state index contributed by atoms with van der Waals surface area (Å²) in [6, 6.07) is 11.3. The smallest absolute Gasteiger partial charge is 0.255 e. The Kier molecular flexibility index (Phi) is 8.46. The first kappa shape index (κ1) is 30.9. The van der Waals surface area contributed by atoms with Gasteiger partial charge < -0.3 is 30.1 Å². The highest BCUT2D eigenvalue weighted by atomic mass is 16.5. The molecule has 12 nitrogen and oxygen atoms in total. The third kappa shape index (κ3) is 6.35. The molecule has 47 heavy (non-hydrogen) atoms. The average Bonchev–Trinajstić information content (AvgIpc) is 3.59. The number of aromatic nitrogens is 2. The van der Waals surface area contributed by atoms with E-state index in [-0.39, 0.29) is 11.8 Å². The van der Waals surface area contributed by atoms with E-state index in [2.05, 4.69) is 35.4 Å². The number of carbonyl (C=O) groups is 2. The van der Waals surface area contributed by atoms with E-state index < -0.39 is 11.6 Å². The molecule has 12 heteroatoms. The first-order chi connectivity index (χ1) is 22.8. The number of morpholine rings is 1. The molecule has 4 aliphatic rings. The Bertz CT molecular complexity index is 1850. The van der Waals surface area contributed by atoms with Crippen LogP contribution in [0.25, 0.3) is 6.08 Å². The molecule has 0 aliphatic carbocycles. The third-order valence-electron chi connectivity index (χ3n) is 9.46. The van der Waals surface area contributed by atoms with Crippen LogP contribution in [0.3, 0.4) is 0 Å². The monoisotopic (exact) mass is 635 g/mol. The minimum Gasteiger partial charge on any atom is -0.378 e. The minimum absolute atomic E-state index is 0.0987. The lowest BCUT2D eigenvalue weighted by atomic mass is 9.86. The van der Waals surface area contributed by atoms with Crippen LogP contribution in [0.15, 0.2) is 52.6 Å². The number of ether oxygens (including phenoxy) is 1. The summed E-state index contributed by atoms with van der Waals surface area (Å²) in [4.78, 5) is 51.6. The number of likely N-dealkylation sites (tertiary alicyclic amines) is 1. The first-order valence-electron chi connectivity index (χ1n) is 16.4. The van der Waals surface area contributed by atoms with Crippen molar-refractivity contribution in [3.63, 3.8) is 0 Å². The van der Waals surface area contributed by atoms with E-state index in [4.69, 9.17) is 9.72 Å². The Morgan fingerprint density at radius 1 is 1.04 bits per heavy atom. The number of rotatable bonds is 8. The summed E-state index contributed by atoms with van der Waals surface area (Å²) in [6.07, 6.45) is 7.15. The molecular weight excluding hydrogens is 594 g/mol. The quantitative estimate of drug-likeness (QED) is 0.387. The second-order valence-corrected chi connectivity index (χ2v) is 13.0. The van der Waals surface area contributed by atoms with Crippen LogP contribution < -0.4 is 31.1 Å². The van der Waals surface area contributed by atoms with E-state index in [0.29, 0.717) is 47.7 Å². The van der Waals surface area contributed by atoms with Crippen molar-refractivity contribution in [3.05, 3.63) is 70.0 Å². The standard InChI is InChI=1S/C35H41N9O3/c1-23-6-7-24(18-27(23)40-31-20-28-29(37-22-38-31)21-36-34(41-28)43-14-16-47-17-15-43)32(45)39-25-8-9-30-26(19-25)35(2,3)33(46)44(30)13-12-42-10-4-5-11-42/h6-9,18-22,31,40H,4-5,10-17H2,1-3H3,(H,39,45). The number of nitrogens with one attached hydrogen (secondary N) is 2. The highest BCUT2D eigenvalue weighted by Gasteiger charge is 2.44. The van der Waals surface area contributed by atoms with Crippen LogP contribution in [-0.2, 0) is 14.9 Å². The van der Waals surface area contributed by atoms with Crippen molar-refractivity contribution >= 4 is 47.2 Å². The number of carbonyl (C=O) groups excluding carboxylic acids is 2. The van der Waals surface area contributed by atoms with Crippen molar-refractivity contribution in [2.24, 2.45) is 9.98 Å². The molecule has 2 fully saturated rings. The van der Waals surface area contributed by atoms with Crippen molar-refractivity contribution in [2.75, 3.05) is 72.9 Å². The first-order valence-corrected chi connectivity index (χ1v) is 16.4. The van der Waals surface area contributed by atoms with Gasteiger partial charge in [0, 0.05) is 48.8 Å². The van der Waals surface area contributed by atoms with Gasteiger partial charge in [-0.3, -0.25) is 9.59 Å². The molecule has 0 bridgehead atoms. The molecule has 1 aromatic heterocycles. The Balaban J connectivity index is 1.07. The fraction of sp³-hybridized carbons (Fsp3) is 0.429. The number of amides is 2. The zero-order valence-corrected chi connectivity index (χ0v) is 27.2. The maximum atomic E-state index is 13.5. The van der Waals surface area contributed by atoms with E-state index in [0.717, 1.165) is 55.2 Å². The summed E-state index contributed by atoms with van der Waals surface area (Å²) in [5.74, 6) is 0.502. The van der Waals surface area contributed by atoms with E-state index in [9.17, 15) is 9.59 Å². The summed E-state index contributed by atoms with van der Waals surface area (Å²) in [5.41, 5.74) is 4.08. The van der Waals surface area contributed by atoms with Gasteiger partial charge in [0.15, 0.2) is 0 Å². The predicted molar refractivity (Wildman–Crippen MR) is 183 cm³/mol. The molecule has 3 aromatic rings. The molecule has 0 radical (unpaired) electrons. The van der Waals surface area contributed by atoms with Gasteiger partial charge in [-0.2, -0.15) is 0 Å². The molecule has 0 saturated carbocycles. The van der Waals surface area contributed by atoms with Gasteiger partial charge in [-0.25, -0.2) is 20.0 Å². The van der Waals surface area contributed by atoms with Crippen molar-refractivity contribution in [2.45, 2.75) is 45.2 Å². The van der Waals surface area contributed by atoms with Gasteiger partial charge in [-0.05, 0) is 94.2 Å². The largest absolute Gasteiger partial charge is 0.378 e. The van der Waals surface area contributed by atoms with E-state index >= 15 is 0 Å². The summed E-state index contributed by atoms with van der Waals surface area (Å²) in [7, 11) is 0. The second kappa shape index (κ2) is 12.8. The number of nitrogens with zero attached hydrogens (tertiary/aromatic N) is 7. The molecule has 0 spiro atoms. The summed E-state index contributed by atoms with van der Waals surface area (Å²) in [5, 5.41) is 7.83. The van der Waals surface area contributed by atoms with Crippen molar-refractivity contribution < 1.29 is 14.3 Å². The maximum Gasteiger partial charge on any atom is 0.255 e. The minimum atomic E-state index is -0.670. The molecule has 4 aliphatic heterocycles. The fourth-order valence-electron chi connectivity index (χ4n) is 6.62. The van der Waals surface area contributed by atoms with Crippen LogP contribution in [0.2, 0.25) is 0 Å². The zero-order valence-electron chi connectivity index (χ0n) is 27.2. The lowest BCUT2D eigenvalue weighted by molar-refractivity contribution is -0.122. The zero-order chi connectivity index (χ0) is 32.5. The molecule has 1 unspecified atom stereocenters. The third-order valence-corrected chi connectivity index (χ3v) is 9.46. The molecule has 2 saturated heterocycles. The van der Waals surface area contributed by atoms with Gasteiger partial charge in [-0.1, -0.05) is 6.07 Å². The van der Waals surface area contributed by atoms with Crippen LogP contribution >= 0.6 is 0 Å². The number of fused-ring (bicyclic) bond motifs is 2. The van der Waals surface area contributed by atoms with Crippen LogP contribution in [0.5, 0.6) is 0 Å². The average molecular weight is 636 g/mol. The van der Waals surface area contributed by atoms with E-state index in [1.807, 2.05) is 68.1 Å². The number of hydrogen-bond donors (Lipinski definition) is 2. The lowest BCUT2D eigenvalue weighted by Crippen LogP contribution is -2.40. The Morgan fingerprint density at radius 2 is 1.85 bits per heavy atom. The van der Waals surface area contributed by atoms with Crippen LogP contribution in [0.4, 0.5) is 23.0 Å². The number of aryl methyl sites for hydroxylation is 1. The maximum absolute atomic E-state index is 13.5. The molecule has 2 amide bonds. The summed E-state index contributed by atoms with van der Waals surface area (Å²) >= 11 is 0. The second-order valence-electron chi connectivity index (χ2n) is 13.0. The topological polar surface area (TPSA) is 128 Å². The van der Waals surface area contributed by atoms with Gasteiger partial charge in [-0.15, -0.1) is 0 Å². The molecule has 244 valence electrons. The molecule has 2 N–H and O–H groups in total. The number of anilines is 4. The fourth-order valence-corrected chi connectivity index (χ4v) is 6.62. The Labute approximate surface area is 274 Å². The van der Waals surface area contributed by atoms with Gasteiger partial charge >= 0.3 is 0 Å². The van der Waals surface area contributed by atoms with Gasteiger partial charge in [0.2, 0.25) is 11.9 Å². The number of aliphatic imine (C=N–C) groups is 1. The van der Waals surface area contributed by atoms with Crippen LogP contribution in [0.1, 0.15) is 48.2 Å². The van der Waals surface area contributed by atoms with Crippen LogP contribution in [-0.4, -0.2) is 91.7 Å². The normalized spacial score (nSPS) is 20.2. The molecule has 7 rings (SSSR count). The molecular formula is C35H41N9O3. The highest BCUT2D eigenvalue weighted by Crippen LogP contribution is 2.42. The van der Waals surface area contributed by atoms with E-state index in [1.165, 1.54) is 19.2 Å². The molecule has 1 atom stereocenters. The van der Waals surface area contributed by atoms with Crippen molar-refractivity contribution in [3.8, 4) is 0 Å².